The van der Waals surface area contributed by atoms with E-state index >= 15 is 0 Å². The third-order valence-corrected chi connectivity index (χ3v) is 0. The number of rotatable bonds is 0. The molecule has 0 saturated heterocycles. The summed E-state index contributed by atoms with van der Waals surface area (Å²) in [5, 5.41) is 0. The zero-order valence-corrected chi connectivity index (χ0v) is 18.4. The van der Waals surface area contributed by atoms with Gasteiger partial charge in [-0.3, -0.25) is 0 Å². The SMILES string of the molecule is O=P(=O)F.O=P(=O)F.[O]=[Ca].[O]=[Ca].[O]=[Ca].[O]=[Ca]. The molecule has 0 aliphatic carbocycles. The molecule has 0 aliphatic heterocycles. The Morgan fingerprint density at radius 1 is 0.500 bits per heavy atom. The van der Waals surface area contributed by atoms with Crippen molar-refractivity contribution in [3.8, 4) is 0 Å². The molecule has 0 N–H and O–H groups in total. The third kappa shape index (κ3) is 336. The van der Waals surface area contributed by atoms with Gasteiger partial charge in [0.05, 0.1) is 0 Å². The van der Waals surface area contributed by atoms with E-state index in [1.807, 2.05) is 0 Å². The van der Waals surface area contributed by atoms with Gasteiger partial charge in [0.15, 0.2) is 0 Å². The van der Waals surface area contributed by atoms with Gasteiger partial charge in [-0.25, -0.2) is 0 Å². The van der Waals surface area contributed by atoms with Gasteiger partial charge in [-0.2, -0.15) is 18.3 Å². The Kier molecular flexibility index (Phi) is 142. The molecule has 16 heavy (non-hydrogen) atoms. The van der Waals surface area contributed by atoms with Crippen LogP contribution in [0.15, 0.2) is 0 Å². The summed E-state index contributed by atoms with van der Waals surface area (Å²) in [6.07, 6.45) is 0. The fraction of sp³-hybridized carbons (Fsp3) is 0. The van der Waals surface area contributed by atoms with Gasteiger partial charge in [0.1, 0.15) is 0 Å². The molecular weight excluding hydrogens is 388 g/mol. The van der Waals surface area contributed by atoms with Gasteiger partial charge >= 0.3 is 165 Å². The second kappa shape index (κ2) is 61.8. The zero-order valence-electron chi connectivity index (χ0n) is 7.74. The average Bonchev–Trinajstić information content (AvgIpc) is 2.27. The van der Waals surface area contributed by atoms with E-state index in [-0.39, 0.29) is 144 Å². The van der Waals surface area contributed by atoms with Crippen molar-refractivity contribution in [1.29, 1.82) is 0 Å². The summed E-state index contributed by atoms with van der Waals surface area (Å²) in [6, 6.07) is 0. The van der Waals surface area contributed by atoms with Crippen molar-refractivity contribution in [2.45, 2.75) is 0 Å². The van der Waals surface area contributed by atoms with Crippen LogP contribution in [0.1, 0.15) is 0 Å². The Labute approximate surface area is 187 Å². The van der Waals surface area contributed by atoms with Gasteiger partial charge in [-0.15, -0.1) is 8.39 Å². The van der Waals surface area contributed by atoms with Crippen molar-refractivity contribution in [3.63, 3.8) is 0 Å². The second-order valence-electron chi connectivity index (χ2n) is 0.425. The Bertz CT molecular complexity index is 184. The standard InChI is InChI=1S/4Ca.2FO2P.4O/c;;;;2*1-4(2)3;;;;. The van der Waals surface area contributed by atoms with Crippen LogP contribution in [0.2, 0.25) is 0 Å². The van der Waals surface area contributed by atoms with E-state index in [4.69, 9.17) is 24.0 Å². The van der Waals surface area contributed by atoms with Gasteiger partial charge in [0.25, 0.3) is 0 Å². The Morgan fingerprint density at radius 2 is 0.500 bits per heavy atom. The molecule has 0 aromatic carbocycles. The molecule has 0 radical (unpaired) electrons. The van der Waals surface area contributed by atoms with E-state index in [9.17, 15) is 8.39 Å². The fourth-order valence-electron chi connectivity index (χ4n) is 0. The summed E-state index contributed by atoms with van der Waals surface area (Å²) in [6.45, 7) is 0. The maximum atomic E-state index is 9.95. The summed E-state index contributed by atoms with van der Waals surface area (Å²) in [4.78, 5) is 0. The average molecular weight is 388 g/mol. The van der Waals surface area contributed by atoms with E-state index in [2.05, 4.69) is 0 Å². The van der Waals surface area contributed by atoms with Crippen LogP contribution in [0, 0.1) is 0 Å². The first-order valence-corrected chi connectivity index (χ1v) is 7.97. The monoisotopic (exact) mass is 388 g/mol. The molecule has 0 unspecified atom stereocenters. The quantitative estimate of drug-likeness (QED) is 0.421. The normalized spacial score (nSPS) is 4.62. The topological polar surface area (TPSA) is 137 Å². The Balaban J connectivity index is -0.0000000196. The van der Waals surface area contributed by atoms with Crippen LogP contribution in [-0.2, 0) is 24.0 Å². The summed E-state index contributed by atoms with van der Waals surface area (Å²) < 4.78 is 86.9. The first-order chi connectivity index (χ1) is 7.46. The van der Waals surface area contributed by atoms with Crippen molar-refractivity contribution in [2.75, 3.05) is 0 Å². The van der Waals surface area contributed by atoms with Crippen LogP contribution in [-0.4, -0.2) is 144 Å². The molecule has 0 aromatic heterocycles. The minimum atomic E-state index is -3.62. The molecular formula is Ca4F2O8P2. The number of hydrogen-bond acceptors (Lipinski definition) is 8. The van der Waals surface area contributed by atoms with E-state index < -0.39 is 16.0 Å². The van der Waals surface area contributed by atoms with Crippen LogP contribution in [0.4, 0.5) is 8.39 Å². The number of halogens is 2. The van der Waals surface area contributed by atoms with Crippen molar-refractivity contribution >= 4 is 160 Å². The molecule has 16 heteroatoms. The van der Waals surface area contributed by atoms with Crippen molar-refractivity contribution < 1.29 is 32.4 Å². The summed E-state index contributed by atoms with van der Waals surface area (Å²) >= 11 is 0.500. The predicted octanol–water partition coefficient (Wildman–Crippen LogP) is 0.0892. The Hall–Kier alpha value is 3.90. The van der Waals surface area contributed by atoms with Crippen LogP contribution < -0.4 is 0 Å². The first kappa shape index (κ1) is 36.8. The molecule has 0 atom stereocenters. The van der Waals surface area contributed by atoms with E-state index in [0.29, 0.717) is 0 Å². The van der Waals surface area contributed by atoms with Gasteiger partial charge in [0.2, 0.25) is 0 Å². The van der Waals surface area contributed by atoms with Gasteiger partial charge in [-0.1, -0.05) is 0 Å². The Morgan fingerprint density at radius 3 is 0.500 bits per heavy atom. The molecule has 0 aliphatic rings. The first-order valence-electron chi connectivity index (χ1n) is 2.22. The molecule has 0 fully saturated rings. The summed E-state index contributed by atoms with van der Waals surface area (Å²) in [5.74, 6) is 0. The molecule has 0 saturated carbocycles. The fourth-order valence-corrected chi connectivity index (χ4v) is 0. The van der Waals surface area contributed by atoms with E-state index in [1.54, 1.807) is 0 Å². The van der Waals surface area contributed by atoms with E-state index in [0.717, 1.165) is 0 Å². The number of hydrogen-bond donors (Lipinski definition) is 0. The van der Waals surface area contributed by atoms with Gasteiger partial charge in [0, 0.05) is 0 Å². The van der Waals surface area contributed by atoms with Crippen molar-refractivity contribution in [2.24, 2.45) is 0 Å². The van der Waals surface area contributed by atoms with Crippen LogP contribution in [0.25, 0.3) is 0 Å². The zero-order chi connectivity index (χ0) is 15.2. The molecule has 0 aromatic rings. The van der Waals surface area contributed by atoms with Crippen LogP contribution in [0.5, 0.6) is 0 Å². The minimum absolute atomic E-state index is 0.125. The van der Waals surface area contributed by atoms with Gasteiger partial charge < -0.3 is 0 Å². The molecule has 0 bridgehead atoms. The molecule has 0 spiro atoms. The van der Waals surface area contributed by atoms with Gasteiger partial charge in [-0.05, 0) is 0 Å². The van der Waals surface area contributed by atoms with Crippen LogP contribution >= 0.6 is 16.0 Å². The van der Waals surface area contributed by atoms with Crippen molar-refractivity contribution in [3.05, 3.63) is 0 Å². The maximum absolute atomic E-state index is 9.95. The molecule has 0 heterocycles. The predicted molar refractivity (Wildman–Crippen MR) is 44.6 cm³/mol. The molecule has 80 valence electrons. The van der Waals surface area contributed by atoms with E-state index in [1.165, 1.54) is 0 Å². The molecule has 8 nitrogen and oxygen atoms in total. The second-order valence-corrected chi connectivity index (χ2v) is 1.28. The molecule has 0 amide bonds. The summed E-state index contributed by atoms with van der Waals surface area (Å²) in [7, 11) is -7.24. The summed E-state index contributed by atoms with van der Waals surface area (Å²) in [5.41, 5.74) is 0. The molecule has 0 rings (SSSR count). The van der Waals surface area contributed by atoms with Crippen LogP contribution in [0.3, 0.4) is 0 Å². The third-order valence-electron chi connectivity index (χ3n) is 0. The van der Waals surface area contributed by atoms with Crippen molar-refractivity contribution in [1.82, 2.24) is 0 Å².